The van der Waals surface area contributed by atoms with E-state index in [4.69, 9.17) is 39.9 Å². The Morgan fingerprint density at radius 2 is 1.97 bits per heavy atom. The molecule has 0 saturated heterocycles. The molecule has 0 radical (unpaired) electrons. The summed E-state index contributed by atoms with van der Waals surface area (Å²) in [5, 5.41) is 24.8. The van der Waals surface area contributed by atoms with Gasteiger partial charge in [-0.15, -0.1) is 0 Å². The van der Waals surface area contributed by atoms with E-state index in [0.717, 1.165) is 11.8 Å². The van der Waals surface area contributed by atoms with Crippen LogP contribution in [0.15, 0.2) is 41.4 Å². The summed E-state index contributed by atoms with van der Waals surface area (Å²) in [4.78, 5) is 12.7. The summed E-state index contributed by atoms with van der Waals surface area (Å²) in [5.41, 5.74) is 3.97. The lowest BCUT2D eigenvalue weighted by atomic mass is 10.2. The van der Waals surface area contributed by atoms with E-state index in [9.17, 15) is 4.79 Å². The summed E-state index contributed by atoms with van der Waals surface area (Å²) in [7, 11) is 0. The van der Waals surface area contributed by atoms with Crippen LogP contribution in [0.2, 0.25) is 10.0 Å². The van der Waals surface area contributed by atoms with Crippen LogP contribution in [0.3, 0.4) is 0 Å². The highest BCUT2D eigenvalue weighted by atomic mass is 35.5. The number of hydrogen-bond acceptors (Lipinski definition) is 6. The standard InChI is InChI=1S/C19H27Cl2N7O/c1-3-17(26-11-13-6-7-14(20)15(21)9-13)27-19(29)18(12(2)10-22)25-8-4-5-16(23)28-24/h3,6-7,9-10,22,25-26H,4-5,8,11,24H2,1-2H3,(H2,23,28)(H,27,29)/b17-3+,18-12-,22-10?. The number of hydrogen-bond donors (Lipinski definition) is 7. The summed E-state index contributed by atoms with van der Waals surface area (Å²) in [6, 6.07) is 5.31. The van der Waals surface area contributed by atoms with Crippen molar-refractivity contribution in [1.82, 2.24) is 21.4 Å². The molecular formula is C19H27Cl2N7O. The number of rotatable bonds is 11. The molecule has 1 amide bonds. The SMILES string of the molecule is C/C=C(\NCc1ccc(Cl)c(Cl)c1)NC(=O)/C(NCCCC(=N)NN)=C(\C)C=N. The highest BCUT2D eigenvalue weighted by Crippen LogP contribution is 2.22. The molecule has 8 N–H and O–H groups in total. The first kappa shape index (κ1) is 24.5. The van der Waals surface area contributed by atoms with Crippen LogP contribution in [0.4, 0.5) is 0 Å². The minimum absolute atomic E-state index is 0.216. The Morgan fingerprint density at radius 1 is 1.24 bits per heavy atom. The fourth-order valence-corrected chi connectivity index (χ4v) is 2.59. The molecule has 0 unspecified atom stereocenters. The van der Waals surface area contributed by atoms with Gasteiger partial charge in [0.05, 0.1) is 10.0 Å². The van der Waals surface area contributed by atoms with Crippen LogP contribution in [0.5, 0.6) is 0 Å². The van der Waals surface area contributed by atoms with Gasteiger partial charge in [0.1, 0.15) is 17.4 Å². The van der Waals surface area contributed by atoms with Crippen molar-refractivity contribution in [3.63, 3.8) is 0 Å². The first-order valence-electron chi connectivity index (χ1n) is 8.97. The smallest absolute Gasteiger partial charge is 0.273 e. The normalized spacial score (nSPS) is 12.0. The third-order valence-corrected chi connectivity index (χ3v) is 4.66. The van der Waals surface area contributed by atoms with Crippen LogP contribution in [0, 0.1) is 10.8 Å². The number of carbonyl (C=O) groups excluding carboxylic acids is 1. The van der Waals surface area contributed by atoms with Crippen molar-refractivity contribution < 1.29 is 4.79 Å². The van der Waals surface area contributed by atoms with Gasteiger partial charge in [0, 0.05) is 25.7 Å². The molecule has 0 atom stereocenters. The lowest BCUT2D eigenvalue weighted by Crippen LogP contribution is -2.37. The zero-order chi connectivity index (χ0) is 21.8. The average Bonchev–Trinajstić information content (AvgIpc) is 2.72. The second-order valence-corrected chi connectivity index (χ2v) is 6.93. The Kier molecular flexibility index (Phi) is 10.8. The monoisotopic (exact) mass is 439 g/mol. The van der Waals surface area contributed by atoms with Gasteiger partial charge < -0.3 is 26.8 Å². The Bertz CT molecular complexity index is 806. The molecule has 0 aliphatic carbocycles. The summed E-state index contributed by atoms with van der Waals surface area (Å²) in [6.45, 7) is 4.38. The van der Waals surface area contributed by atoms with E-state index in [1.54, 1.807) is 32.1 Å². The Morgan fingerprint density at radius 3 is 2.55 bits per heavy atom. The van der Waals surface area contributed by atoms with Gasteiger partial charge in [-0.05, 0) is 49.6 Å². The fraction of sp³-hybridized carbons (Fsp3) is 0.316. The Balaban J connectivity index is 2.69. The predicted octanol–water partition coefficient (Wildman–Crippen LogP) is 2.79. The van der Waals surface area contributed by atoms with Gasteiger partial charge in [0.2, 0.25) is 0 Å². The van der Waals surface area contributed by atoms with Crippen molar-refractivity contribution >= 4 is 41.2 Å². The third-order valence-electron chi connectivity index (χ3n) is 3.92. The average molecular weight is 440 g/mol. The van der Waals surface area contributed by atoms with E-state index in [1.807, 2.05) is 6.07 Å². The number of amidine groups is 1. The van der Waals surface area contributed by atoms with Gasteiger partial charge in [-0.3, -0.25) is 10.2 Å². The summed E-state index contributed by atoms with van der Waals surface area (Å²) in [5.74, 6) is 5.53. The Hall–Kier alpha value is -2.55. The third kappa shape index (κ3) is 8.55. The highest BCUT2D eigenvalue weighted by Gasteiger charge is 2.13. The van der Waals surface area contributed by atoms with E-state index in [0.29, 0.717) is 53.1 Å². The molecule has 1 aromatic rings. The quantitative estimate of drug-likeness (QED) is 0.0708. The molecule has 158 valence electrons. The van der Waals surface area contributed by atoms with Gasteiger partial charge in [0.25, 0.3) is 5.91 Å². The molecule has 0 aliphatic rings. The molecule has 1 rings (SSSR count). The molecule has 8 nitrogen and oxygen atoms in total. The molecule has 0 aromatic heterocycles. The summed E-state index contributed by atoms with van der Waals surface area (Å²) >= 11 is 11.9. The zero-order valence-electron chi connectivity index (χ0n) is 16.5. The van der Waals surface area contributed by atoms with Crippen LogP contribution in [-0.2, 0) is 11.3 Å². The lowest BCUT2D eigenvalue weighted by molar-refractivity contribution is -0.117. The second kappa shape index (κ2) is 12.8. The maximum atomic E-state index is 12.7. The van der Waals surface area contributed by atoms with Gasteiger partial charge in [-0.2, -0.15) is 0 Å². The number of nitrogens with two attached hydrogens (primary N) is 1. The van der Waals surface area contributed by atoms with E-state index in [1.165, 1.54) is 0 Å². The topological polar surface area (TPSA) is 139 Å². The van der Waals surface area contributed by atoms with Crippen molar-refractivity contribution in [3.8, 4) is 0 Å². The molecule has 29 heavy (non-hydrogen) atoms. The van der Waals surface area contributed by atoms with Gasteiger partial charge in [-0.1, -0.05) is 29.3 Å². The van der Waals surface area contributed by atoms with Crippen molar-refractivity contribution in [2.45, 2.75) is 33.2 Å². The van der Waals surface area contributed by atoms with E-state index in [2.05, 4.69) is 21.4 Å². The molecule has 0 bridgehead atoms. The van der Waals surface area contributed by atoms with Gasteiger partial charge in [0.15, 0.2) is 0 Å². The number of hydrazine groups is 1. The number of benzene rings is 1. The van der Waals surface area contributed by atoms with Crippen LogP contribution in [-0.4, -0.2) is 24.5 Å². The summed E-state index contributed by atoms with van der Waals surface area (Å²) < 4.78 is 0. The van der Waals surface area contributed by atoms with E-state index in [-0.39, 0.29) is 11.7 Å². The number of allylic oxidation sites excluding steroid dienone is 2. The van der Waals surface area contributed by atoms with Crippen LogP contribution in [0.25, 0.3) is 0 Å². The van der Waals surface area contributed by atoms with Crippen molar-refractivity contribution in [2.24, 2.45) is 5.84 Å². The minimum Gasteiger partial charge on any atom is -0.380 e. The molecule has 0 heterocycles. The van der Waals surface area contributed by atoms with E-state index < -0.39 is 0 Å². The number of amides is 1. The van der Waals surface area contributed by atoms with Crippen molar-refractivity contribution in [3.05, 3.63) is 57.0 Å². The molecule has 0 fully saturated rings. The molecular weight excluding hydrogens is 413 g/mol. The maximum absolute atomic E-state index is 12.7. The van der Waals surface area contributed by atoms with Crippen LogP contribution < -0.4 is 27.2 Å². The number of halogens is 2. The van der Waals surface area contributed by atoms with Crippen molar-refractivity contribution in [2.75, 3.05) is 6.54 Å². The zero-order valence-corrected chi connectivity index (χ0v) is 18.0. The van der Waals surface area contributed by atoms with Crippen LogP contribution >= 0.6 is 23.2 Å². The lowest BCUT2D eigenvalue weighted by Gasteiger charge is -2.16. The first-order valence-corrected chi connectivity index (χ1v) is 9.72. The first-order chi connectivity index (χ1) is 13.8. The van der Waals surface area contributed by atoms with Crippen molar-refractivity contribution in [1.29, 1.82) is 10.8 Å². The molecule has 0 saturated carbocycles. The Labute approximate surface area is 180 Å². The maximum Gasteiger partial charge on any atom is 0.273 e. The molecule has 0 aliphatic heterocycles. The fourth-order valence-electron chi connectivity index (χ4n) is 2.27. The molecule has 1 aromatic carbocycles. The largest absolute Gasteiger partial charge is 0.380 e. The minimum atomic E-state index is -0.368. The number of carbonyl (C=O) groups is 1. The molecule has 0 spiro atoms. The predicted molar refractivity (Wildman–Crippen MR) is 119 cm³/mol. The summed E-state index contributed by atoms with van der Waals surface area (Å²) in [6.07, 6.45) is 3.91. The second-order valence-electron chi connectivity index (χ2n) is 6.11. The van der Waals surface area contributed by atoms with E-state index >= 15 is 0 Å². The molecule has 10 heteroatoms. The van der Waals surface area contributed by atoms with Crippen LogP contribution in [0.1, 0.15) is 32.3 Å². The van der Waals surface area contributed by atoms with Gasteiger partial charge >= 0.3 is 0 Å². The number of nitrogens with one attached hydrogen (secondary N) is 6. The highest BCUT2D eigenvalue weighted by molar-refractivity contribution is 6.42. The van der Waals surface area contributed by atoms with Gasteiger partial charge in [-0.25, -0.2) is 5.84 Å².